The Morgan fingerprint density at radius 1 is 1.09 bits per heavy atom. The summed E-state index contributed by atoms with van der Waals surface area (Å²) >= 11 is 0. The van der Waals surface area contributed by atoms with E-state index < -0.39 is 6.10 Å². The van der Waals surface area contributed by atoms with Crippen molar-refractivity contribution >= 4 is 0 Å². The third kappa shape index (κ3) is 5.50. The lowest BCUT2D eigenvalue weighted by Crippen LogP contribution is -2.35. The van der Waals surface area contributed by atoms with E-state index in [-0.39, 0.29) is 12.0 Å². The lowest BCUT2D eigenvalue weighted by molar-refractivity contribution is 0.124. The zero-order chi connectivity index (χ0) is 16.5. The molecule has 0 amide bonds. The van der Waals surface area contributed by atoms with Gasteiger partial charge in [0.15, 0.2) is 11.5 Å². The van der Waals surface area contributed by atoms with Crippen LogP contribution in [0.25, 0.3) is 0 Å². The van der Waals surface area contributed by atoms with Crippen LogP contribution >= 0.6 is 0 Å². The summed E-state index contributed by atoms with van der Waals surface area (Å²) in [7, 11) is 0. The van der Waals surface area contributed by atoms with Gasteiger partial charge in [-0.05, 0) is 50.3 Å². The van der Waals surface area contributed by atoms with Crippen LogP contribution in [0.3, 0.4) is 0 Å². The molecule has 0 saturated heterocycles. The third-order valence-corrected chi connectivity index (χ3v) is 3.85. The molecule has 0 bridgehead atoms. The SMILES string of the molecule is CCCC(N)C(O)CC(C)c1ccc(OCC)c(OCC)c1. The topological polar surface area (TPSA) is 64.7 Å². The largest absolute Gasteiger partial charge is 0.490 e. The molecule has 4 nitrogen and oxygen atoms in total. The molecule has 22 heavy (non-hydrogen) atoms. The highest BCUT2D eigenvalue weighted by molar-refractivity contribution is 5.44. The molecule has 126 valence electrons. The summed E-state index contributed by atoms with van der Waals surface area (Å²) in [5.41, 5.74) is 7.13. The predicted molar refractivity (Wildman–Crippen MR) is 90.7 cm³/mol. The Bertz CT molecular complexity index is 436. The number of aliphatic hydroxyl groups is 1. The van der Waals surface area contributed by atoms with Gasteiger partial charge in [0, 0.05) is 6.04 Å². The van der Waals surface area contributed by atoms with Crippen LogP contribution in [0.5, 0.6) is 11.5 Å². The molecule has 3 unspecified atom stereocenters. The third-order valence-electron chi connectivity index (χ3n) is 3.85. The van der Waals surface area contributed by atoms with Crippen molar-refractivity contribution in [3.63, 3.8) is 0 Å². The van der Waals surface area contributed by atoms with Crippen LogP contribution in [0.2, 0.25) is 0 Å². The first kappa shape index (κ1) is 18.8. The summed E-state index contributed by atoms with van der Waals surface area (Å²) in [6.07, 6.45) is 2.02. The fourth-order valence-electron chi connectivity index (χ4n) is 2.57. The average molecular weight is 309 g/mol. The smallest absolute Gasteiger partial charge is 0.161 e. The minimum absolute atomic E-state index is 0.151. The number of nitrogens with two attached hydrogens (primary N) is 1. The molecule has 0 aliphatic carbocycles. The first-order valence-corrected chi connectivity index (χ1v) is 8.36. The molecule has 3 N–H and O–H groups in total. The Morgan fingerprint density at radius 2 is 1.73 bits per heavy atom. The molecule has 0 spiro atoms. The monoisotopic (exact) mass is 309 g/mol. The second-order valence-electron chi connectivity index (χ2n) is 5.73. The number of aliphatic hydroxyl groups excluding tert-OH is 1. The molecular weight excluding hydrogens is 278 g/mol. The molecule has 1 aromatic rings. The minimum Gasteiger partial charge on any atom is -0.490 e. The molecule has 3 atom stereocenters. The molecule has 1 aromatic carbocycles. The second-order valence-corrected chi connectivity index (χ2v) is 5.73. The fourth-order valence-corrected chi connectivity index (χ4v) is 2.57. The van der Waals surface area contributed by atoms with Crippen LogP contribution in [-0.2, 0) is 0 Å². The highest BCUT2D eigenvalue weighted by Crippen LogP contribution is 2.33. The fraction of sp³-hybridized carbons (Fsp3) is 0.667. The maximum absolute atomic E-state index is 10.2. The van der Waals surface area contributed by atoms with Gasteiger partial charge in [-0.3, -0.25) is 0 Å². The molecule has 0 aliphatic heterocycles. The van der Waals surface area contributed by atoms with E-state index in [4.69, 9.17) is 15.2 Å². The van der Waals surface area contributed by atoms with Crippen molar-refractivity contribution in [2.24, 2.45) is 5.73 Å². The number of rotatable bonds is 10. The summed E-state index contributed by atoms with van der Waals surface area (Å²) < 4.78 is 11.2. The van der Waals surface area contributed by atoms with E-state index in [1.54, 1.807) is 0 Å². The lowest BCUT2D eigenvalue weighted by Gasteiger charge is -2.22. The Labute approximate surface area is 134 Å². The summed E-state index contributed by atoms with van der Waals surface area (Å²) in [4.78, 5) is 0. The van der Waals surface area contributed by atoms with Crippen LogP contribution in [0.15, 0.2) is 18.2 Å². The van der Waals surface area contributed by atoms with E-state index in [1.807, 2.05) is 32.0 Å². The standard InChI is InChI=1S/C18H31NO3/c1-5-8-15(19)16(20)11-13(4)14-9-10-17(21-6-2)18(12-14)22-7-3/h9-10,12-13,15-16,20H,5-8,11,19H2,1-4H3. The lowest BCUT2D eigenvalue weighted by atomic mass is 9.91. The second kappa shape index (κ2) is 9.70. The summed E-state index contributed by atoms with van der Waals surface area (Å²) in [5.74, 6) is 1.75. The Hall–Kier alpha value is -1.26. The summed E-state index contributed by atoms with van der Waals surface area (Å²) in [6, 6.07) is 5.84. The van der Waals surface area contributed by atoms with E-state index in [9.17, 15) is 5.11 Å². The van der Waals surface area contributed by atoms with Gasteiger partial charge in [0.05, 0.1) is 19.3 Å². The Balaban J connectivity index is 2.80. The van der Waals surface area contributed by atoms with Gasteiger partial charge in [-0.15, -0.1) is 0 Å². The van der Waals surface area contributed by atoms with Crippen molar-refractivity contribution in [3.05, 3.63) is 23.8 Å². The molecule has 0 aliphatic rings. The van der Waals surface area contributed by atoms with Crippen molar-refractivity contribution < 1.29 is 14.6 Å². The highest BCUT2D eigenvalue weighted by atomic mass is 16.5. The molecular formula is C18H31NO3. The number of benzene rings is 1. The van der Waals surface area contributed by atoms with Crippen LogP contribution in [0.1, 0.15) is 58.4 Å². The van der Waals surface area contributed by atoms with Gasteiger partial charge >= 0.3 is 0 Å². The molecule has 0 fully saturated rings. The zero-order valence-electron chi connectivity index (χ0n) is 14.3. The molecule has 4 heteroatoms. The molecule has 0 heterocycles. The number of ether oxygens (including phenoxy) is 2. The van der Waals surface area contributed by atoms with Gasteiger partial charge in [-0.2, -0.15) is 0 Å². The maximum atomic E-state index is 10.2. The number of hydrogen-bond donors (Lipinski definition) is 2. The van der Waals surface area contributed by atoms with E-state index in [0.717, 1.165) is 29.9 Å². The van der Waals surface area contributed by atoms with E-state index >= 15 is 0 Å². The van der Waals surface area contributed by atoms with Crippen LogP contribution in [0, 0.1) is 0 Å². The molecule has 0 aromatic heterocycles. The van der Waals surface area contributed by atoms with E-state index in [1.165, 1.54) is 0 Å². The van der Waals surface area contributed by atoms with Gasteiger partial charge in [0.25, 0.3) is 0 Å². The Kier molecular flexibility index (Phi) is 8.28. The zero-order valence-corrected chi connectivity index (χ0v) is 14.3. The van der Waals surface area contributed by atoms with Crippen LogP contribution < -0.4 is 15.2 Å². The van der Waals surface area contributed by atoms with Gasteiger partial charge in [0.1, 0.15) is 0 Å². The van der Waals surface area contributed by atoms with Crippen molar-refractivity contribution in [2.75, 3.05) is 13.2 Å². The van der Waals surface area contributed by atoms with Gasteiger partial charge in [0.2, 0.25) is 0 Å². The molecule has 0 radical (unpaired) electrons. The first-order valence-electron chi connectivity index (χ1n) is 8.36. The maximum Gasteiger partial charge on any atom is 0.161 e. The van der Waals surface area contributed by atoms with Crippen molar-refractivity contribution in [1.82, 2.24) is 0 Å². The van der Waals surface area contributed by atoms with Gasteiger partial charge in [-0.1, -0.05) is 26.3 Å². The van der Waals surface area contributed by atoms with Crippen LogP contribution in [0.4, 0.5) is 0 Å². The van der Waals surface area contributed by atoms with Crippen LogP contribution in [-0.4, -0.2) is 30.5 Å². The molecule has 0 saturated carbocycles. The molecule has 1 rings (SSSR count). The highest BCUT2D eigenvalue weighted by Gasteiger charge is 2.19. The quantitative estimate of drug-likeness (QED) is 0.694. The normalized spacial score (nSPS) is 15.2. The van der Waals surface area contributed by atoms with E-state index in [0.29, 0.717) is 19.6 Å². The van der Waals surface area contributed by atoms with Gasteiger partial charge in [-0.25, -0.2) is 0 Å². The van der Waals surface area contributed by atoms with Crippen molar-refractivity contribution in [3.8, 4) is 11.5 Å². The van der Waals surface area contributed by atoms with Crippen molar-refractivity contribution in [2.45, 2.75) is 65.0 Å². The first-order chi connectivity index (χ1) is 10.5. The Morgan fingerprint density at radius 3 is 2.32 bits per heavy atom. The summed E-state index contributed by atoms with van der Waals surface area (Å²) in [5, 5.41) is 10.2. The minimum atomic E-state index is -0.475. The van der Waals surface area contributed by atoms with Crippen molar-refractivity contribution in [1.29, 1.82) is 0 Å². The van der Waals surface area contributed by atoms with E-state index in [2.05, 4.69) is 13.8 Å². The number of hydrogen-bond acceptors (Lipinski definition) is 4. The average Bonchev–Trinajstić information content (AvgIpc) is 2.49. The van der Waals surface area contributed by atoms with Gasteiger partial charge < -0.3 is 20.3 Å². The predicted octanol–water partition coefficient (Wildman–Crippen LogP) is 3.47. The summed E-state index contributed by atoms with van der Waals surface area (Å²) in [6.45, 7) is 9.31.